The van der Waals surface area contributed by atoms with Crippen molar-refractivity contribution in [2.45, 2.75) is 4.90 Å². The number of rotatable bonds is 6. The van der Waals surface area contributed by atoms with Gasteiger partial charge in [0.2, 0.25) is 0 Å². The molecule has 0 aromatic heterocycles. The Morgan fingerprint density at radius 2 is 1.75 bits per heavy atom. The molecule has 0 aliphatic heterocycles. The molecular formula is C14H11F3N2O4S. The number of hydrazine groups is 1. The number of halogens is 3. The fourth-order valence-electron chi connectivity index (χ4n) is 1.61. The minimum absolute atomic E-state index is 0.0672. The number of amides is 1. The van der Waals surface area contributed by atoms with Gasteiger partial charge in [-0.3, -0.25) is 10.2 Å². The lowest BCUT2D eigenvalue weighted by molar-refractivity contribution is -0.123. The number of sulfonamides is 1. The van der Waals surface area contributed by atoms with Crippen LogP contribution in [0.2, 0.25) is 0 Å². The van der Waals surface area contributed by atoms with Crippen molar-refractivity contribution in [1.29, 1.82) is 0 Å². The third-order valence-corrected chi connectivity index (χ3v) is 3.96. The van der Waals surface area contributed by atoms with Crippen LogP contribution in [0.5, 0.6) is 5.75 Å². The van der Waals surface area contributed by atoms with Crippen molar-refractivity contribution in [3.05, 3.63) is 59.9 Å². The molecule has 0 radical (unpaired) electrons. The molecular weight excluding hydrogens is 349 g/mol. The van der Waals surface area contributed by atoms with Crippen molar-refractivity contribution in [3.63, 3.8) is 0 Å². The predicted molar refractivity (Wildman–Crippen MR) is 76.7 cm³/mol. The molecule has 0 aliphatic rings. The van der Waals surface area contributed by atoms with E-state index in [0.29, 0.717) is 12.1 Å². The number of hydrogen-bond donors (Lipinski definition) is 2. The smallest absolute Gasteiger partial charge is 0.272 e. The Kier molecular flexibility index (Phi) is 5.42. The molecule has 0 saturated carbocycles. The number of carbonyl (C=O) groups excluding carboxylic acids is 1. The molecule has 0 unspecified atom stereocenters. The van der Waals surface area contributed by atoms with Gasteiger partial charge in [-0.05, 0) is 24.3 Å². The summed E-state index contributed by atoms with van der Waals surface area (Å²) < 4.78 is 67.7. The van der Waals surface area contributed by atoms with Crippen LogP contribution < -0.4 is 15.0 Å². The van der Waals surface area contributed by atoms with Crippen LogP contribution in [-0.4, -0.2) is 20.9 Å². The standard InChI is InChI=1S/C14H11F3N2O4S/c15-9-2-1-3-11(6-9)23-8-14(20)18-19-24(21,22)13-5-4-10(16)7-12(13)17/h1-7,19H,8H2,(H,18,20). The summed E-state index contributed by atoms with van der Waals surface area (Å²) in [6, 6.07) is 6.83. The van der Waals surface area contributed by atoms with Gasteiger partial charge in [0.15, 0.2) is 6.61 Å². The molecule has 1 amide bonds. The first kappa shape index (κ1) is 17.8. The molecule has 2 aromatic carbocycles. The second-order valence-electron chi connectivity index (χ2n) is 4.47. The van der Waals surface area contributed by atoms with E-state index in [-0.39, 0.29) is 5.75 Å². The van der Waals surface area contributed by atoms with Gasteiger partial charge in [-0.15, -0.1) is 4.83 Å². The highest BCUT2D eigenvalue weighted by Crippen LogP contribution is 2.15. The molecule has 2 N–H and O–H groups in total. The second-order valence-corrected chi connectivity index (χ2v) is 6.13. The normalized spacial score (nSPS) is 11.1. The van der Waals surface area contributed by atoms with E-state index in [0.717, 1.165) is 12.1 Å². The summed E-state index contributed by atoms with van der Waals surface area (Å²) in [5.74, 6) is -3.67. The van der Waals surface area contributed by atoms with Gasteiger partial charge in [0.05, 0.1) is 0 Å². The predicted octanol–water partition coefficient (Wildman–Crippen LogP) is 1.49. The number of hydrogen-bond acceptors (Lipinski definition) is 4. The Morgan fingerprint density at radius 3 is 2.42 bits per heavy atom. The zero-order valence-corrected chi connectivity index (χ0v) is 12.7. The molecule has 2 aromatic rings. The van der Waals surface area contributed by atoms with Gasteiger partial charge >= 0.3 is 0 Å². The van der Waals surface area contributed by atoms with E-state index in [1.165, 1.54) is 18.2 Å². The van der Waals surface area contributed by atoms with E-state index in [2.05, 4.69) is 0 Å². The SMILES string of the molecule is O=C(COc1cccc(F)c1)NNS(=O)(=O)c1ccc(F)cc1F. The van der Waals surface area contributed by atoms with Crippen LogP contribution in [0.25, 0.3) is 0 Å². The second kappa shape index (κ2) is 7.32. The van der Waals surface area contributed by atoms with E-state index in [1.807, 2.05) is 0 Å². The first-order valence-corrected chi connectivity index (χ1v) is 7.90. The fraction of sp³-hybridized carbons (Fsp3) is 0.0714. The van der Waals surface area contributed by atoms with E-state index >= 15 is 0 Å². The Bertz CT molecular complexity index is 859. The van der Waals surface area contributed by atoms with Crippen molar-refractivity contribution in [2.75, 3.05) is 6.61 Å². The minimum atomic E-state index is -4.43. The third-order valence-electron chi connectivity index (χ3n) is 2.67. The zero-order valence-electron chi connectivity index (χ0n) is 11.9. The summed E-state index contributed by atoms with van der Waals surface area (Å²) in [7, 11) is -4.43. The molecule has 0 heterocycles. The maximum absolute atomic E-state index is 13.4. The van der Waals surface area contributed by atoms with Gasteiger partial charge in [0.25, 0.3) is 15.9 Å². The lowest BCUT2D eigenvalue weighted by Crippen LogP contribution is -2.44. The van der Waals surface area contributed by atoms with E-state index in [1.54, 1.807) is 10.3 Å². The maximum atomic E-state index is 13.4. The number of nitrogens with one attached hydrogen (secondary N) is 2. The van der Waals surface area contributed by atoms with Crippen LogP contribution in [0, 0.1) is 17.5 Å². The van der Waals surface area contributed by atoms with Crippen LogP contribution in [0.15, 0.2) is 47.4 Å². The molecule has 10 heteroatoms. The highest BCUT2D eigenvalue weighted by atomic mass is 32.2. The molecule has 2 rings (SSSR count). The average molecular weight is 360 g/mol. The van der Waals surface area contributed by atoms with Crippen LogP contribution >= 0.6 is 0 Å². The van der Waals surface area contributed by atoms with Crippen molar-refractivity contribution in [1.82, 2.24) is 10.3 Å². The van der Waals surface area contributed by atoms with Gasteiger partial charge in [0.1, 0.15) is 28.1 Å². The summed E-state index contributed by atoms with van der Waals surface area (Å²) in [6.45, 7) is -0.613. The summed E-state index contributed by atoms with van der Waals surface area (Å²) in [4.78, 5) is 12.3. The van der Waals surface area contributed by atoms with Crippen molar-refractivity contribution < 1.29 is 31.1 Å². The molecule has 0 atom stereocenters. The number of carbonyl (C=O) groups is 1. The molecule has 128 valence electrons. The zero-order chi connectivity index (χ0) is 17.7. The Morgan fingerprint density at radius 1 is 1.04 bits per heavy atom. The van der Waals surface area contributed by atoms with Crippen molar-refractivity contribution in [2.24, 2.45) is 0 Å². The first-order chi connectivity index (χ1) is 11.3. The van der Waals surface area contributed by atoms with Crippen LogP contribution in [-0.2, 0) is 14.8 Å². The number of ether oxygens (including phenoxy) is 1. The molecule has 0 spiro atoms. The first-order valence-electron chi connectivity index (χ1n) is 6.42. The topological polar surface area (TPSA) is 84.5 Å². The quantitative estimate of drug-likeness (QED) is 0.765. The lowest BCUT2D eigenvalue weighted by atomic mass is 10.3. The monoisotopic (exact) mass is 360 g/mol. The van der Waals surface area contributed by atoms with Gasteiger partial charge in [0, 0.05) is 12.1 Å². The van der Waals surface area contributed by atoms with Crippen LogP contribution in [0.1, 0.15) is 0 Å². The summed E-state index contributed by atoms with van der Waals surface area (Å²) in [6.07, 6.45) is 0. The molecule has 24 heavy (non-hydrogen) atoms. The van der Waals surface area contributed by atoms with E-state index in [9.17, 15) is 26.4 Å². The maximum Gasteiger partial charge on any atom is 0.272 e. The summed E-state index contributed by atoms with van der Waals surface area (Å²) in [5.41, 5.74) is 1.79. The minimum Gasteiger partial charge on any atom is -0.484 e. The van der Waals surface area contributed by atoms with E-state index < -0.39 is 44.9 Å². The lowest BCUT2D eigenvalue weighted by Gasteiger charge is -2.10. The van der Waals surface area contributed by atoms with Gasteiger partial charge in [-0.1, -0.05) is 6.07 Å². The highest BCUT2D eigenvalue weighted by Gasteiger charge is 2.20. The number of benzene rings is 2. The summed E-state index contributed by atoms with van der Waals surface area (Å²) in [5, 5.41) is 0. The van der Waals surface area contributed by atoms with Crippen LogP contribution in [0.3, 0.4) is 0 Å². The molecule has 0 fully saturated rings. The van der Waals surface area contributed by atoms with Gasteiger partial charge in [-0.25, -0.2) is 21.6 Å². The highest BCUT2D eigenvalue weighted by molar-refractivity contribution is 7.89. The Labute approximate surface area is 135 Å². The van der Waals surface area contributed by atoms with E-state index in [4.69, 9.17) is 4.74 Å². The molecule has 0 aliphatic carbocycles. The van der Waals surface area contributed by atoms with Crippen molar-refractivity contribution >= 4 is 15.9 Å². The van der Waals surface area contributed by atoms with Crippen LogP contribution in [0.4, 0.5) is 13.2 Å². The summed E-state index contributed by atoms with van der Waals surface area (Å²) >= 11 is 0. The average Bonchev–Trinajstić information content (AvgIpc) is 2.51. The third kappa shape index (κ3) is 4.70. The largest absolute Gasteiger partial charge is 0.484 e. The Hall–Kier alpha value is -2.59. The van der Waals surface area contributed by atoms with Gasteiger partial charge in [-0.2, -0.15) is 0 Å². The fourth-order valence-corrected chi connectivity index (χ4v) is 2.53. The molecule has 6 nitrogen and oxygen atoms in total. The molecule has 0 bridgehead atoms. The Balaban J connectivity index is 1.93. The van der Waals surface area contributed by atoms with Gasteiger partial charge < -0.3 is 4.74 Å². The van der Waals surface area contributed by atoms with Crippen molar-refractivity contribution in [3.8, 4) is 5.75 Å². The molecule has 0 saturated heterocycles.